The molecule has 0 aliphatic heterocycles. The van der Waals surface area contributed by atoms with Crippen LogP contribution in [-0.2, 0) is 4.79 Å². The van der Waals surface area contributed by atoms with Crippen LogP contribution in [0.4, 0.5) is 5.69 Å². The van der Waals surface area contributed by atoms with Gasteiger partial charge in [-0.2, -0.15) is 0 Å². The summed E-state index contributed by atoms with van der Waals surface area (Å²) in [7, 11) is 0. The fourth-order valence-corrected chi connectivity index (χ4v) is 2.05. The highest BCUT2D eigenvalue weighted by atomic mass is 16.2. The molecule has 2 aromatic rings. The number of carbonyl (C=O) groups is 2. The first kappa shape index (κ1) is 15.8. The van der Waals surface area contributed by atoms with Crippen molar-refractivity contribution in [3.8, 4) is 0 Å². The monoisotopic (exact) mass is 296 g/mol. The first-order valence-corrected chi connectivity index (χ1v) is 7.21. The average Bonchev–Trinajstić information content (AvgIpc) is 2.51. The van der Waals surface area contributed by atoms with Crippen molar-refractivity contribution in [3.63, 3.8) is 0 Å². The Bertz CT molecular complexity index is 681. The molecular formula is C18H20N2O2. The Morgan fingerprint density at radius 3 is 2.36 bits per heavy atom. The minimum absolute atomic E-state index is 0.238. The summed E-state index contributed by atoms with van der Waals surface area (Å²) >= 11 is 0. The number of carbonyl (C=O) groups excluding carboxylic acids is 2. The number of aryl methyl sites for hydroxylation is 2. The Labute approximate surface area is 130 Å². The number of amides is 2. The Morgan fingerprint density at radius 1 is 1.00 bits per heavy atom. The SMILES string of the molecule is Cc1ccc(C)c(NC(=O)C(C)NC(=O)c2ccccc2)c1. The maximum absolute atomic E-state index is 12.2. The fraction of sp³-hybridized carbons (Fsp3) is 0.222. The van der Waals surface area contributed by atoms with Crippen LogP contribution in [0.2, 0.25) is 0 Å². The van der Waals surface area contributed by atoms with E-state index < -0.39 is 6.04 Å². The van der Waals surface area contributed by atoms with E-state index in [1.54, 1.807) is 31.2 Å². The van der Waals surface area contributed by atoms with E-state index in [1.165, 1.54) is 0 Å². The van der Waals surface area contributed by atoms with Gasteiger partial charge in [-0.1, -0.05) is 30.3 Å². The molecule has 2 N–H and O–H groups in total. The Kier molecular flexibility index (Phi) is 4.94. The van der Waals surface area contributed by atoms with Crippen molar-refractivity contribution in [3.05, 3.63) is 65.2 Å². The number of nitrogens with one attached hydrogen (secondary N) is 2. The van der Waals surface area contributed by atoms with Crippen molar-refractivity contribution in [1.82, 2.24) is 5.32 Å². The second-order valence-electron chi connectivity index (χ2n) is 5.37. The number of benzene rings is 2. The average molecular weight is 296 g/mol. The molecule has 0 radical (unpaired) electrons. The van der Waals surface area contributed by atoms with Crippen LogP contribution in [0.3, 0.4) is 0 Å². The van der Waals surface area contributed by atoms with Crippen LogP contribution in [0.5, 0.6) is 0 Å². The van der Waals surface area contributed by atoms with Crippen LogP contribution in [0, 0.1) is 13.8 Å². The van der Waals surface area contributed by atoms with Gasteiger partial charge in [-0.05, 0) is 50.1 Å². The smallest absolute Gasteiger partial charge is 0.251 e. The van der Waals surface area contributed by atoms with Gasteiger partial charge in [0, 0.05) is 11.3 Å². The molecule has 0 aliphatic carbocycles. The molecule has 0 bridgehead atoms. The molecule has 0 spiro atoms. The van der Waals surface area contributed by atoms with E-state index >= 15 is 0 Å². The molecular weight excluding hydrogens is 276 g/mol. The zero-order valence-electron chi connectivity index (χ0n) is 13.0. The molecule has 22 heavy (non-hydrogen) atoms. The van der Waals surface area contributed by atoms with Crippen LogP contribution >= 0.6 is 0 Å². The Balaban J connectivity index is 2.00. The highest BCUT2D eigenvalue weighted by Gasteiger charge is 2.17. The van der Waals surface area contributed by atoms with Crippen LogP contribution in [0.15, 0.2) is 48.5 Å². The number of rotatable bonds is 4. The molecule has 2 aromatic carbocycles. The van der Waals surface area contributed by atoms with Crippen molar-refractivity contribution in [2.75, 3.05) is 5.32 Å². The molecule has 0 fully saturated rings. The van der Waals surface area contributed by atoms with Gasteiger partial charge in [0.25, 0.3) is 5.91 Å². The Hall–Kier alpha value is -2.62. The van der Waals surface area contributed by atoms with Gasteiger partial charge >= 0.3 is 0 Å². The van der Waals surface area contributed by atoms with Gasteiger partial charge in [-0.3, -0.25) is 9.59 Å². The molecule has 0 saturated carbocycles. The van der Waals surface area contributed by atoms with Gasteiger partial charge in [0.05, 0.1) is 0 Å². The summed E-state index contributed by atoms with van der Waals surface area (Å²) in [4.78, 5) is 24.3. The summed E-state index contributed by atoms with van der Waals surface area (Å²) < 4.78 is 0. The predicted molar refractivity (Wildman–Crippen MR) is 87.9 cm³/mol. The molecule has 0 aliphatic rings. The normalized spacial score (nSPS) is 11.6. The van der Waals surface area contributed by atoms with E-state index in [1.807, 2.05) is 38.1 Å². The van der Waals surface area contributed by atoms with E-state index in [4.69, 9.17) is 0 Å². The van der Waals surface area contributed by atoms with E-state index in [-0.39, 0.29) is 11.8 Å². The van der Waals surface area contributed by atoms with Gasteiger partial charge in [-0.15, -0.1) is 0 Å². The molecule has 0 saturated heterocycles. The third-order valence-corrected chi connectivity index (χ3v) is 3.43. The summed E-state index contributed by atoms with van der Waals surface area (Å²) in [5.74, 6) is -0.498. The highest BCUT2D eigenvalue weighted by molar-refractivity contribution is 6.01. The topological polar surface area (TPSA) is 58.2 Å². The maximum Gasteiger partial charge on any atom is 0.251 e. The molecule has 0 aromatic heterocycles. The van der Waals surface area contributed by atoms with Crippen LogP contribution in [0.1, 0.15) is 28.4 Å². The lowest BCUT2D eigenvalue weighted by molar-refractivity contribution is -0.117. The zero-order valence-corrected chi connectivity index (χ0v) is 13.0. The molecule has 2 rings (SSSR count). The third kappa shape index (κ3) is 3.95. The minimum atomic E-state index is -0.618. The summed E-state index contributed by atoms with van der Waals surface area (Å²) in [6.07, 6.45) is 0. The van der Waals surface area contributed by atoms with E-state index in [2.05, 4.69) is 10.6 Å². The van der Waals surface area contributed by atoms with Crippen molar-refractivity contribution in [1.29, 1.82) is 0 Å². The first-order valence-electron chi connectivity index (χ1n) is 7.21. The largest absolute Gasteiger partial charge is 0.341 e. The van der Waals surface area contributed by atoms with Crippen LogP contribution < -0.4 is 10.6 Å². The number of hydrogen-bond donors (Lipinski definition) is 2. The summed E-state index contributed by atoms with van der Waals surface area (Å²) in [6, 6.07) is 14.1. The summed E-state index contributed by atoms with van der Waals surface area (Å²) in [6.45, 7) is 5.57. The molecule has 1 atom stereocenters. The van der Waals surface area contributed by atoms with Gasteiger partial charge in [-0.25, -0.2) is 0 Å². The van der Waals surface area contributed by atoms with Gasteiger partial charge < -0.3 is 10.6 Å². The second kappa shape index (κ2) is 6.89. The van der Waals surface area contributed by atoms with E-state index in [0.29, 0.717) is 5.56 Å². The lowest BCUT2D eigenvalue weighted by Crippen LogP contribution is -2.41. The van der Waals surface area contributed by atoms with Crippen molar-refractivity contribution >= 4 is 17.5 Å². The second-order valence-corrected chi connectivity index (χ2v) is 5.37. The van der Waals surface area contributed by atoms with Gasteiger partial charge in [0.15, 0.2) is 0 Å². The third-order valence-electron chi connectivity index (χ3n) is 3.43. The molecule has 1 unspecified atom stereocenters. The van der Waals surface area contributed by atoms with Crippen LogP contribution in [-0.4, -0.2) is 17.9 Å². The first-order chi connectivity index (χ1) is 10.5. The molecule has 114 valence electrons. The summed E-state index contributed by atoms with van der Waals surface area (Å²) in [5, 5.41) is 5.55. The maximum atomic E-state index is 12.2. The standard InChI is InChI=1S/C18H20N2O2/c1-12-9-10-13(2)16(11-12)20-17(21)14(3)19-18(22)15-7-5-4-6-8-15/h4-11,14H,1-3H3,(H,19,22)(H,20,21). The quantitative estimate of drug-likeness (QED) is 0.911. The van der Waals surface area contributed by atoms with E-state index in [9.17, 15) is 9.59 Å². The van der Waals surface area contributed by atoms with Crippen LogP contribution in [0.25, 0.3) is 0 Å². The minimum Gasteiger partial charge on any atom is -0.341 e. The fourth-order valence-electron chi connectivity index (χ4n) is 2.05. The van der Waals surface area contributed by atoms with Gasteiger partial charge in [0.1, 0.15) is 6.04 Å². The van der Waals surface area contributed by atoms with Gasteiger partial charge in [0.2, 0.25) is 5.91 Å². The molecule has 4 heteroatoms. The lowest BCUT2D eigenvalue weighted by Gasteiger charge is -2.15. The lowest BCUT2D eigenvalue weighted by atomic mass is 10.1. The molecule has 4 nitrogen and oxygen atoms in total. The summed E-state index contributed by atoms with van der Waals surface area (Å²) in [5.41, 5.74) is 3.36. The Morgan fingerprint density at radius 2 is 1.68 bits per heavy atom. The predicted octanol–water partition coefficient (Wildman–Crippen LogP) is 3.06. The number of anilines is 1. The van der Waals surface area contributed by atoms with E-state index in [0.717, 1.165) is 16.8 Å². The highest BCUT2D eigenvalue weighted by Crippen LogP contribution is 2.16. The van der Waals surface area contributed by atoms with Crippen molar-refractivity contribution in [2.45, 2.75) is 26.8 Å². The van der Waals surface area contributed by atoms with Crippen molar-refractivity contribution in [2.24, 2.45) is 0 Å². The van der Waals surface area contributed by atoms with Crippen molar-refractivity contribution < 1.29 is 9.59 Å². The molecule has 0 heterocycles. The molecule has 2 amide bonds. The number of hydrogen-bond acceptors (Lipinski definition) is 2. The zero-order chi connectivity index (χ0) is 16.1.